The van der Waals surface area contributed by atoms with Crippen molar-refractivity contribution in [3.8, 4) is 0 Å². The van der Waals surface area contributed by atoms with Gasteiger partial charge in [0.2, 0.25) is 5.78 Å². The molecule has 0 atom stereocenters. The summed E-state index contributed by atoms with van der Waals surface area (Å²) in [4.78, 5) is 35.2. The van der Waals surface area contributed by atoms with Crippen molar-refractivity contribution in [2.75, 3.05) is 0 Å². The molecule has 0 unspecified atom stereocenters. The number of aryl methyl sites for hydroxylation is 1. The first-order chi connectivity index (χ1) is 9.65. The second-order valence-corrected chi connectivity index (χ2v) is 4.53. The van der Waals surface area contributed by atoms with E-state index in [0.29, 0.717) is 16.7 Å². The fraction of sp³-hybridized carbons (Fsp3) is 0.133. The minimum absolute atomic E-state index is 0.0117. The minimum Gasteiger partial charge on any atom is -0.463 e. The van der Waals surface area contributed by atoms with Crippen LogP contribution in [0.1, 0.15) is 43.2 Å². The molecule has 0 saturated carbocycles. The summed E-state index contributed by atoms with van der Waals surface area (Å²) < 4.78 is 9.84. The first-order valence-electron chi connectivity index (χ1n) is 5.99. The molecule has 0 spiro atoms. The number of hydrogen-bond donors (Lipinski definition) is 0. The molecule has 1 aromatic heterocycles. The summed E-state index contributed by atoms with van der Waals surface area (Å²) in [6.07, 6.45) is 1.28. The molecule has 1 aliphatic rings. The molecule has 0 aliphatic heterocycles. The van der Waals surface area contributed by atoms with Gasteiger partial charge in [0.25, 0.3) is 6.47 Å². The van der Waals surface area contributed by atoms with Crippen LogP contribution in [0.4, 0.5) is 0 Å². The van der Waals surface area contributed by atoms with Crippen molar-refractivity contribution in [1.29, 1.82) is 0 Å². The number of benzene rings is 1. The number of carbonyl (C=O) groups is 3. The van der Waals surface area contributed by atoms with Crippen molar-refractivity contribution < 1.29 is 23.5 Å². The molecule has 0 saturated heterocycles. The molecule has 2 aromatic rings. The predicted molar refractivity (Wildman–Crippen MR) is 67.6 cm³/mol. The van der Waals surface area contributed by atoms with Gasteiger partial charge in [-0.25, -0.2) is 0 Å². The van der Waals surface area contributed by atoms with Gasteiger partial charge in [-0.05, 0) is 12.5 Å². The van der Waals surface area contributed by atoms with Crippen LogP contribution in [0, 0.1) is 6.92 Å². The third-order valence-corrected chi connectivity index (χ3v) is 3.35. The summed E-state index contributed by atoms with van der Waals surface area (Å²) >= 11 is 0. The molecule has 0 amide bonds. The summed E-state index contributed by atoms with van der Waals surface area (Å²) in [7, 11) is 0. The Bertz CT molecular complexity index is 739. The number of ketones is 2. The standard InChI is InChI=1S/C15H10O5/c1-8-3-2-4-10-11(8)14(18)12-9(5-19-7-16)6-20-15(12)13(10)17/h2-4,6-7H,5H2,1H3. The predicted octanol–water partition coefficient (Wildman–Crippen LogP) is 2.04. The average molecular weight is 270 g/mol. The van der Waals surface area contributed by atoms with Gasteiger partial charge in [-0.15, -0.1) is 0 Å². The number of furan rings is 1. The van der Waals surface area contributed by atoms with E-state index in [0.717, 1.165) is 5.56 Å². The Kier molecular flexibility index (Phi) is 2.75. The highest BCUT2D eigenvalue weighted by atomic mass is 16.5. The number of carbonyl (C=O) groups excluding carboxylic acids is 3. The Labute approximate surface area is 114 Å². The molecule has 5 heteroatoms. The summed E-state index contributed by atoms with van der Waals surface area (Å²) in [5.74, 6) is -0.584. The molecule has 100 valence electrons. The molecule has 1 aromatic carbocycles. The molecule has 0 bridgehead atoms. The van der Waals surface area contributed by atoms with Crippen LogP contribution in [0.2, 0.25) is 0 Å². The van der Waals surface area contributed by atoms with Crippen LogP contribution in [-0.4, -0.2) is 18.0 Å². The van der Waals surface area contributed by atoms with Gasteiger partial charge < -0.3 is 9.15 Å². The molecule has 3 rings (SSSR count). The SMILES string of the molecule is Cc1cccc2c1C(=O)c1c(COC=O)coc1C2=O. The first kappa shape index (κ1) is 12.3. The maximum atomic E-state index is 12.6. The van der Waals surface area contributed by atoms with Crippen LogP contribution in [0.25, 0.3) is 0 Å². The van der Waals surface area contributed by atoms with E-state index in [1.54, 1.807) is 25.1 Å². The minimum atomic E-state index is -0.323. The third kappa shape index (κ3) is 1.60. The number of rotatable bonds is 3. The molecule has 1 aliphatic carbocycles. The lowest BCUT2D eigenvalue weighted by atomic mass is 9.84. The van der Waals surface area contributed by atoms with Crippen molar-refractivity contribution >= 4 is 18.0 Å². The summed E-state index contributed by atoms with van der Waals surface area (Å²) in [6, 6.07) is 5.11. The Morgan fingerprint density at radius 3 is 2.75 bits per heavy atom. The zero-order valence-corrected chi connectivity index (χ0v) is 10.6. The van der Waals surface area contributed by atoms with Crippen LogP contribution in [0.3, 0.4) is 0 Å². The lowest BCUT2D eigenvalue weighted by Crippen LogP contribution is -2.21. The fourth-order valence-electron chi connectivity index (χ4n) is 2.45. The maximum Gasteiger partial charge on any atom is 0.293 e. The Hall–Kier alpha value is -2.69. The molecule has 0 fully saturated rings. The van der Waals surface area contributed by atoms with E-state index in [2.05, 4.69) is 4.74 Å². The molecule has 1 heterocycles. The van der Waals surface area contributed by atoms with Gasteiger partial charge in [0.1, 0.15) is 6.61 Å². The number of fused-ring (bicyclic) bond motifs is 2. The van der Waals surface area contributed by atoms with Gasteiger partial charge in [0.15, 0.2) is 11.5 Å². The van der Waals surface area contributed by atoms with E-state index < -0.39 is 0 Å². The smallest absolute Gasteiger partial charge is 0.293 e. The van der Waals surface area contributed by atoms with Gasteiger partial charge >= 0.3 is 0 Å². The van der Waals surface area contributed by atoms with Gasteiger partial charge in [-0.2, -0.15) is 0 Å². The zero-order valence-electron chi connectivity index (χ0n) is 10.6. The molecule has 0 N–H and O–H groups in total. The molecular weight excluding hydrogens is 260 g/mol. The summed E-state index contributed by atoms with van der Waals surface area (Å²) in [5, 5.41) is 0. The second kappa shape index (κ2) is 4.45. The van der Waals surface area contributed by atoms with Crippen LogP contribution >= 0.6 is 0 Å². The Morgan fingerprint density at radius 1 is 1.20 bits per heavy atom. The second-order valence-electron chi connectivity index (χ2n) is 4.53. The molecule has 0 radical (unpaired) electrons. The topological polar surface area (TPSA) is 73.6 Å². The van der Waals surface area contributed by atoms with Crippen molar-refractivity contribution in [3.05, 3.63) is 58.0 Å². The molecule has 5 nitrogen and oxygen atoms in total. The van der Waals surface area contributed by atoms with E-state index in [1.165, 1.54) is 6.26 Å². The number of ether oxygens (including phenoxy) is 1. The van der Waals surface area contributed by atoms with Gasteiger partial charge in [-0.1, -0.05) is 18.2 Å². The average Bonchev–Trinajstić information content (AvgIpc) is 2.86. The van der Waals surface area contributed by atoms with Gasteiger partial charge in [0.05, 0.1) is 11.8 Å². The Balaban J connectivity index is 2.19. The maximum absolute atomic E-state index is 12.6. The van der Waals surface area contributed by atoms with Crippen LogP contribution in [-0.2, 0) is 16.1 Å². The van der Waals surface area contributed by atoms with Crippen molar-refractivity contribution in [2.24, 2.45) is 0 Å². The largest absolute Gasteiger partial charge is 0.463 e. The number of hydrogen-bond acceptors (Lipinski definition) is 5. The molecular formula is C15H10O5. The monoisotopic (exact) mass is 270 g/mol. The molecule has 20 heavy (non-hydrogen) atoms. The van der Waals surface area contributed by atoms with Crippen molar-refractivity contribution in [2.45, 2.75) is 13.5 Å². The van der Waals surface area contributed by atoms with Crippen LogP contribution in [0.5, 0.6) is 0 Å². The van der Waals surface area contributed by atoms with E-state index >= 15 is 0 Å². The van der Waals surface area contributed by atoms with E-state index in [1.807, 2.05) is 0 Å². The normalized spacial score (nSPS) is 12.8. The van der Waals surface area contributed by atoms with Crippen LogP contribution in [0.15, 0.2) is 28.9 Å². The first-order valence-corrected chi connectivity index (χ1v) is 5.99. The summed E-state index contributed by atoms with van der Waals surface area (Å²) in [5.41, 5.74) is 2.06. The Morgan fingerprint density at radius 2 is 2.00 bits per heavy atom. The van der Waals surface area contributed by atoms with Crippen molar-refractivity contribution in [3.63, 3.8) is 0 Å². The highest BCUT2D eigenvalue weighted by Crippen LogP contribution is 2.32. The van der Waals surface area contributed by atoms with Crippen LogP contribution < -0.4 is 0 Å². The summed E-state index contributed by atoms with van der Waals surface area (Å²) in [6.45, 7) is 1.97. The highest BCUT2D eigenvalue weighted by Gasteiger charge is 2.35. The fourth-order valence-corrected chi connectivity index (χ4v) is 2.45. The lowest BCUT2D eigenvalue weighted by Gasteiger charge is -2.16. The van der Waals surface area contributed by atoms with Gasteiger partial charge in [0, 0.05) is 16.7 Å². The highest BCUT2D eigenvalue weighted by molar-refractivity contribution is 6.28. The van der Waals surface area contributed by atoms with E-state index in [-0.39, 0.29) is 36.0 Å². The zero-order chi connectivity index (χ0) is 14.3. The lowest BCUT2D eigenvalue weighted by molar-refractivity contribution is -0.129. The van der Waals surface area contributed by atoms with Gasteiger partial charge in [-0.3, -0.25) is 14.4 Å². The van der Waals surface area contributed by atoms with E-state index in [9.17, 15) is 14.4 Å². The van der Waals surface area contributed by atoms with Crippen molar-refractivity contribution in [1.82, 2.24) is 0 Å². The quantitative estimate of drug-likeness (QED) is 0.681. The van der Waals surface area contributed by atoms with E-state index in [4.69, 9.17) is 4.42 Å². The third-order valence-electron chi connectivity index (χ3n) is 3.35.